The van der Waals surface area contributed by atoms with Crippen LogP contribution in [0.15, 0.2) is 46.9 Å². The maximum Gasteiger partial charge on any atom is 0.253 e. The van der Waals surface area contributed by atoms with E-state index >= 15 is 0 Å². The lowest BCUT2D eigenvalue weighted by molar-refractivity contribution is -0.111. The largest absolute Gasteiger partial charge is 0.462 e. The SMILES string of the molecule is Cc1ccc(/C=C/C(=O)Nc2ccccc2C(=O)NCC2CCCO2)o1. The lowest BCUT2D eigenvalue weighted by atomic mass is 10.1. The molecule has 2 N–H and O–H groups in total. The van der Waals surface area contributed by atoms with Crippen LogP contribution in [0.5, 0.6) is 0 Å². The fourth-order valence-corrected chi connectivity index (χ4v) is 2.77. The number of benzene rings is 1. The van der Waals surface area contributed by atoms with Gasteiger partial charge in [0.25, 0.3) is 5.91 Å². The Morgan fingerprint density at radius 1 is 1.23 bits per heavy atom. The first-order chi connectivity index (χ1) is 12.6. The lowest BCUT2D eigenvalue weighted by Gasteiger charge is -2.13. The number of amides is 2. The minimum Gasteiger partial charge on any atom is -0.462 e. The molecule has 1 atom stereocenters. The van der Waals surface area contributed by atoms with Gasteiger partial charge in [-0.1, -0.05) is 12.1 Å². The van der Waals surface area contributed by atoms with Crippen LogP contribution in [0.1, 0.15) is 34.7 Å². The van der Waals surface area contributed by atoms with Gasteiger partial charge in [-0.15, -0.1) is 0 Å². The molecule has 2 amide bonds. The normalized spacial score (nSPS) is 16.7. The van der Waals surface area contributed by atoms with Gasteiger partial charge in [0, 0.05) is 19.2 Å². The Hall–Kier alpha value is -2.86. The predicted octanol–water partition coefficient (Wildman–Crippen LogP) is 3.15. The van der Waals surface area contributed by atoms with E-state index in [0.29, 0.717) is 23.6 Å². The van der Waals surface area contributed by atoms with Crippen molar-refractivity contribution in [3.05, 3.63) is 59.6 Å². The molecule has 26 heavy (non-hydrogen) atoms. The third-order valence-electron chi connectivity index (χ3n) is 4.10. The molecule has 1 fully saturated rings. The molecular weight excluding hydrogens is 332 g/mol. The van der Waals surface area contributed by atoms with E-state index in [2.05, 4.69) is 10.6 Å². The first-order valence-electron chi connectivity index (χ1n) is 8.66. The van der Waals surface area contributed by atoms with Crippen molar-refractivity contribution in [1.82, 2.24) is 5.32 Å². The van der Waals surface area contributed by atoms with Crippen molar-refractivity contribution in [3.8, 4) is 0 Å². The summed E-state index contributed by atoms with van der Waals surface area (Å²) in [5.74, 6) is 0.805. The molecule has 1 aliphatic heterocycles. The van der Waals surface area contributed by atoms with Crippen molar-refractivity contribution in [3.63, 3.8) is 0 Å². The van der Waals surface area contributed by atoms with E-state index < -0.39 is 0 Å². The highest BCUT2D eigenvalue weighted by Gasteiger charge is 2.18. The van der Waals surface area contributed by atoms with Crippen molar-refractivity contribution >= 4 is 23.6 Å². The van der Waals surface area contributed by atoms with Crippen molar-refractivity contribution in [1.29, 1.82) is 0 Å². The second-order valence-electron chi connectivity index (χ2n) is 6.16. The number of anilines is 1. The minimum atomic E-state index is -0.335. The maximum atomic E-state index is 12.4. The predicted molar refractivity (Wildman–Crippen MR) is 98.9 cm³/mol. The van der Waals surface area contributed by atoms with E-state index in [0.717, 1.165) is 25.2 Å². The van der Waals surface area contributed by atoms with Gasteiger partial charge in [-0.25, -0.2) is 0 Å². The van der Waals surface area contributed by atoms with Gasteiger partial charge in [-0.05, 0) is 50.1 Å². The van der Waals surface area contributed by atoms with Gasteiger partial charge in [0.15, 0.2) is 0 Å². The summed E-state index contributed by atoms with van der Waals surface area (Å²) in [5.41, 5.74) is 0.878. The number of ether oxygens (including phenoxy) is 1. The van der Waals surface area contributed by atoms with Gasteiger partial charge < -0.3 is 19.8 Å². The van der Waals surface area contributed by atoms with Gasteiger partial charge in [-0.2, -0.15) is 0 Å². The first kappa shape index (κ1) is 17.9. The van der Waals surface area contributed by atoms with Crippen LogP contribution in [-0.2, 0) is 9.53 Å². The Bertz CT molecular complexity index is 804. The molecule has 1 aromatic carbocycles. The van der Waals surface area contributed by atoms with Crippen LogP contribution in [0.25, 0.3) is 6.08 Å². The van der Waals surface area contributed by atoms with Crippen LogP contribution in [0.2, 0.25) is 0 Å². The topological polar surface area (TPSA) is 80.6 Å². The molecule has 0 radical (unpaired) electrons. The molecule has 1 aromatic heterocycles. The fraction of sp³-hybridized carbons (Fsp3) is 0.300. The Kier molecular flexibility index (Phi) is 5.86. The van der Waals surface area contributed by atoms with Gasteiger partial charge in [0.2, 0.25) is 5.91 Å². The smallest absolute Gasteiger partial charge is 0.253 e. The molecule has 6 heteroatoms. The number of hydrogen-bond donors (Lipinski definition) is 2. The van der Waals surface area contributed by atoms with Gasteiger partial charge in [0.1, 0.15) is 11.5 Å². The number of aryl methyl sites for hydroxylation is 1. The molecule has 0 saturated carbocycles. The summed E-state index contributed by atoms with van der Waals surface area (Å²) in [6.45, 7) is 3.05. The average molecular weight is 354 g/mol. The van der Waals surface area contributed by atoms with E-state index in [-0.39, 0.29) is 17.9 Å². The van der Waals surface area contributed by atoms with Gasteiger partial charge >= 0.3 is 0 Å². The molecule has 0 aliphatic carbocycles. The summed E-state index contributed by atoms with van der Waals surface area (Å²) in [6, 6.07) is 10.5. The third kappa shape index (κ3) is 4.83. The molecule has 1 aliphatic rings. The lowest BCUT2D eigenvalue weighted by Crippen LogP contribution is -2.32. The number of para-hydroxylation sites is 1. The maximum absolute atomic E-state index is 12.4. The van der Waals surface area contributed by atoms with Crippen LogP contribution >= 0.6 is 0 Å². The highest BCUT2D eigenvalue weighted by molar-refractivity contribution is 6.07. The molecule has 2 aromatic rings. The summed E-state index contributed by atoms with van der Waals surface area (Å²) >= 11 is 0. The van der Waals surface area contributed by atoms with E-state index in [4.69, 9.17) is 9.15 Å². The number of furan rings is 1. The second kappa shape index (κ2) is 8.49. The Balaban J connectivity index is 1.61. The highest BCUT2D eigenvalue weighted by atomic mass is 16.5. The standard InChI is InChI=1S/C20H22N2O4/c1-14-8-9-15(26-14)10-11-19(23)22-18-7-3-2-6-17(18)20(24)21-13-16-5-4-12-25-16/h2-3,6-11,16H,4-5,12-13H2,1H3,(H,21,24)(H,22,23)/b11-10+. The van der Waals surface area contributed by atoms with E-state index in [9.17, 15) is 9.59 Å². The van der Waals surface area contributed by atoms with Crippen molar-refractivity contribution in [2.45, 2.75) is 25.9 Å². The zero-order valence-corrected chi connectivity index (χ0v) is 14.7. The summed E-state index contributed by atoms with van der Waals surface area (Å²) in [6.07, 6.45) is 5.01. The number of rotatable bonds is 6. The third-order valence-corrected chi connectivity index (χ3v) is 4.10. The van der Waals surface area contributed by atoms with Gasteiger partial charge in [0.05, 0.1) is 17.4 Å². The molecular formula is C20H22N2O4. The monoisotopic (exact) mass is 354 g/mol. The van der Waals surface area contributed by atoms with Crippen LogP contribution in [0, 0.1) is 6.92 Å². The summed E-state index contributed by atoms with van der Waals surface area (Å²) in [7, 11) is 0. The number of carbonyl (C=O) groups excluding carboxylic acids is 2. The Morgan fingerprint density at radius 2 is 2.08 bits per heavy atom. The van der Waals surface area contributed by atoms with Crippen molar-refractivity contribution in [2.75, 3.05) is 18.5 Å². The molecule has 2 heterocycles. The second-order valence-corrected chi connectivity index (χ2v) is 6.16. The fourth-order valence-electron chi connectivity index (χ4n) is 2.77. The van der Waals surface area contributed by atoms with Crippen LogP contribution in [0.3, 0.4) is 0 Å². The van der Waals surface area contributed by atoms with E-state index in [1.54, 1.807) is 36.4 Å². The number of hydrogen-bond acceptors (Lipinski definition) is 4. The molecule has 6 nitrogen and oxygen atoms in total. The molecule has 1 saturated heterocycles. The molecule has 0 spiro atoms. The Morgan fingerprint density at radius 3 is 2.81 bits per heavy atom. The molecule has 136 valence electrons. The number of nitrogens with one attached hydrogen (secondary N) is 2. The summed E-state index contributed by atoms with van der Waals surface area (Å²) < 4.78 is 10.9. The summed E-state index contributed by atoms with van der Waals surface area (Å²) in [4.78, 5) is 24.6. The minimum absolute atomic E-state index is 0.0698. The van der Waals surface area contributed by atoms with Crippen LogP contribution in [0.4, 0.5) is 5.69 Å². The van der Waals surface area contributed by atoms with Crippen LogP contribution in [-0.4, -0.2) is 31.1 Å². The quantitative estimate of drug-likeness (QED) is 0.781. The number of carbonyl (C=O) groups is 2. The molecule has 3 rings (SSSR count). The van der Waals surface area contributed by atoms with E-state index in [1.807, 2.05) is 13.0 Å². The zero-order valence-electron chi connectivity index (χ0n) is 14.7. The van der Waals surface area contributed by atoms with E-state index in [1.165, 1.54) is 6.08 Å². The average Bonchev–Trinajstić information content (AvgIpc) is 3.30. The van der Waals surface area contributed by atoms with Crippen molar-refractivity contribution in [2.24, 2.45) is 0 Å². The van der Waals surface area contributed by atoms with Crippen molar-refractivity contribution < 1.29 is 18.7 Å². The first-order valence-corrected chi connectivity index (χ1v) is 8.66. The highest BCUT2D eigenvalue weighted by Crippen LogP contribution is 2.16. The Labute approximate surface area is 152 Å². The summed E-state index contributed by atoms with van der Waals surface area (Å²) in [5, 5.41) is 5.60. The molecule has 0 bridgehead atoms. The van der Waals surface area contributed by atoms with Gasteiger partial charge in [-0.3, -0.25) is 9.59 Å². The zero-order chi connectivity index (χ0) is 18.4. The molecule has 1 unspecified atom stereocenters. The van der Waals surface area contributed by atoms with Crippen LogP contribution < -0.4 is 10.6 Å².